The quantitative estimate of drug-likeness (QED) is 0.457. The van der Waals surface area contributed by atoms with Crippen LogP contribution in [-0.2, 0) is 23.9 Å². The number of carbonyl (C=O) groups is 4. The molecule has 0 saturated carbocycles. The second-order valence-corrected chi connectivity index (χ2v) is 3.01. The van der Waals surface area contributed by atoms with Gasteiger partial charge in [-0.05, 0) is 13.3 Å². The van der Waals surface area contributed by atoms with Gasteiger partial charge in [-0.25, -0.2) is 0 Å². The van der Waals surface area contributed by atoms with Gasteiger partial charge in [-0.2, -0.15) is 0 Å². The van der Waals surface area contributed by atoms with E-state index in [9.17, 15) is 19.2 Å². The fraction of sp³-hybridized carbons (Fsp3) is 0.600. The Morgan fingerprint density at radius 1 is 1.00 bits per heavy atom. The van der Waals surface area contributed by atoms with Gasteiger partial charge in [0.15, 0.2) is 5.92 Å². The minimum absolute atomic E-state index is 0.130. The van der Waals surface area contributed by atoms with E-state index in [0.717, 1.165) is 0 Å². The van der Waals surface area contributed by atoms with Gasteiger partial charge in [-0.15, -0.1) is 0 Å². The number of aliphatic carboxylic acids is 3. The van der Waals surface area contributed by atoms with Gasteiger partial charge in [0.1, 0.15) is 6.42 Å². The van der Waals surface area contributed by atoms with Crippen molar-refractivity contribution in [2.24, 2.45) is 5.92 Å². The third kappa shape index (κ3) is 10.4. The standard InChI is InChI=1S/2C5H8O4/c1-2-9-5(8)3-4(6)7;1-2-3(4(6)7)5(8)9/h2-3H2,1H3,(H,6,7);3H,2H2,1H3,(H,6,7)(H,8,9). The van der Waals surface area contributed by atoms with E-state index < -0.39 is 36.2 Å². The van der Waals surface area contributed by atoms with Gasteiger partial charge in [0.05, 0.1) is 6.61 Å². The summed E-state index contributed by atoms with van der Waals surface area (Å²) in [5.74, 6) is -5.64. The molecule has 0 aliphatic heterocycles. The van der Waals surface area contributed by atoms with Crippen LogP contribution in [0.2, 0.25) is 0 Å². The van der Waals surface area contributed by atoms with Crippen LogP contribution >= 0.6 is 0 Å². The van der Waals surface area contributed by atoms with Gasteiger partial charge in [-0.1, -0.05) is 6.92 Å². The lowest BCUT2D eigenvalue weighted by Gasteiger charge is -2.00. The Labute approximate surface area is 103 Å². The van der Waals surface area contributed by atoms with Crippen LogP contribution in [0.5, 0.6) is 0 Å². The summed E-state index contributed by atoms with van der Waals surface area (Å²) in [6.07, 6.45) is -0.418. The maximum Gasteiger partial charge on any atom is 0.317 e. The molecule has 3 N–H and O–H groups in total. The molecule has 0 aliphatic rings. The van der Waals surface area contributed by atoms with Crippen LogP contribution in [0, 0.1) is 5.92 Å². The molecule has 0 spiro atoms. The largest absolute Gasteiger partial charge is 0.481 e. The Morgan fingerprint density at radius 3 is 1.61 bits per heavy atom. The van der Waals surface area contributed by atoms with Crippen LogP contribution in [-0.4, -0.2) is 45.8 Å². The Bertz CT molecular complexity index is 292. The predicted octanol–water partition coefficient (Wildman–Crippen LogP) is 0.206. The zero-order valence-corrected chi connectivity index (χ0v) is 10.1. The van der Waals surface area contributed by atoms with Crippen molar-refractivity contribution in [2.75, 3.05) is 6.61 Å². The minimum Gasteiger partial charge on any atom is -0.481 e. The van der Waals surface area contributed by atoms with Gasteiger partial charge in [0.25, 0.3) is 0 Å². The fourth-order valence-corrected chi connectivity index (χ4v) is 0.790. The molecule has 104 valence electrons. The molecule has 0 saturated heterocycles. The molecular weight excluding hydrogens is 248 g/mol. The van der Waals surface area contributed by atoms with Gasteiger partial charge in [-0.3, -0.25) is 19.2 Å². The van der Waals surface area contributed by atoms with Crippen molar-refractivity contribution < 1.29 is 39.2 Å². The Balaban J connectivity index is 0. The fourth-order valence-electron chi connectivity index (χ4n) is 0.790. The molecule has 0 radical (unpaired) electrons. The lowest BCUT2D eigenvalue weighted by Crippen LogP contribution is -2.21. The molecule has 0 amide bonds. The molecule has 0 aliphatic carbocycles. The molecule has 0 heterocycles. The van der Waals surface area contributed by atoms with E-state index in [0.29, 0.717) is 0 Å². The zero-order valence-electron chi connectivity index (χ0n) is 10.1. The van der Waals surface area contributed by atoms with E-state index in [1.807, 2.05) is 0 Å². The molecule has 0 bridgehead atoms. The van der Waals surface area contributed by atoms with Crippen LogP contribution in [0.3, 0.4) is 0 Å². The van der Waals surface area contributed by atoms with Crippen molar-refractivity contribution in [1.82, 2.24) is 0 Å². The predicted molar refractivity (Wildman–Crippen MR) is 57.9 cm³/mol. The topological polar surface area (TPSA) is 138 Å². The normalized spacial score (nSPS) is 9.06. The lowest BCUT2D eigenvalue weighted by molar-refractivity contribution is -0.155. The van der Waals surface area contributed by atoms with Crippen molar-refractivity contribution in [2.45, 2.75) is 26.7 Å². The van der Waals surface area contributed by atoms with E-state index in [2.05, 4.69) is 4.74 Å². The molecule has 0 fully saturated rings. The highest BCUT2D eigenvalue weighted by molar-refractivity contribution is 5.92. The van der Waals surface area contributed by atoms with E-state index in [1.54, 1.807) is 6.92 Å². The Hall–Kier alpha value is -2.12. The van der Waals surface area contributed by atoms with Crippen LogP contribution in [0.4, 0.5) is 0 Å². The first kappa shape index (κ1) is 18.3. The van der Waals surface area contributed by atoms with E-state index in [1.165, 1.54) is 6.92 Å². The second kappa shape index (κ2) is 10.1. The molecule has 8 heteroatoms. The molecule has 0 aromatic rings. The average Bonchev–Trinajstić information content (AvgIpc) is 2.16. The summed E-state index contributed by atoms with van der Waals surface area (Å²) < 4.78 is 4.33. The summed E-state index contributed by atoms with van der Waals surface area (Å²) in [5, 5.41) is 24.3. The summed E-state index contributed by atoms with van der Waals surface area (Å²) in [5.41, 5.74) is 0. The van der Waals surface area contributed by atoms with Gasteiger partial charge < -0.3 is 20.1 Å². The first-order valence-corrected chi connectivity index (χ1v) is 5.09. The number of carbonyl (C=O) groups excluding carboxylic acids is 1. The van der Waals surface area contributed by atoms with Crippen LogP contribution < -0.4 is 0 Å². The number of carboxylic acid groups (broad SMARTS) is 3. The van der Waals surface area contributed by atoms with Crippen molar-refractivity contribution in [3.63, 3.8) is 0 Å². The molecule has 0 atom stereocenters. The first-order chi connectivity index (χ1) is 8.26. The second-order valence-electron chi connectivity index (χ2n) is 3.01. The Kier molecular flexibility index (Phi) is 10.2. The summed E-state index contributed by atoms with van der Waals surface area (Å²) in [6, 6.07) is 0. The van der Waals surface area contributed by atoms with Crippen LogP contribution in [0.15, 0.2) is 0 Å². The molecule has 0 aromatic heterocycles. The number of ether oxygens (including phenoxy) is 1. The highest BCUT2D eigenvalue weighted by atomic mass is 16.5. The SMILES string of the molecule is CCC(C(=O)O)C(=O)O.CCOC(=O)CC(=O)O. The zero-order chi connectivity index (χ0) is 14.7. The van der Waals surface area contributed by atoms with E-state index in [4.69, 9.17) is 15.3 Å². The molecule has 18 heavy (non-hydrogen) atoms. The van der Waals surface area contributed by atoms with Crippen molar-refractivity contribution in [3.05, 3.63) is 0 Å². The maximum atomic E-state index is 10.3. The number of rotatable bonds is 6. The summed E-state index contributed by atoms with van der Waals surface area (Å²) in [6.45, 7) is 3.37. The molecule has 0 aromatic carbocycles. The number of carboxylic acids is 3. The third-order valence-electron chi connectivity index (χ3n) is 1.61. The highest BCUT2D eigenvalue weighted by Gasteiger charge is 2.22. The third-order valence-corrected chi connectivity index (χ3v) is 1.61. The molecule has 0 rings (SSSR count). The smallest absolute Gasteiger partial charge is 0.317 e. The number of hydrogen-bond donors (Lipinski definition) is 3. The van der Waals surface area contributed by atoms with Crippen molar-refractivity contribution >= 4 is 23.9 Å². The van der Waals surface area contributed by atoms with Crippen molar-refractivity contribution in [3.8, 4) is 0 Å². The monoisotopic (exact) mass is 264 g/mol. The lowest BCUT2D eigenvalue weighted by atomic mass is 10.1. The summed E-state index contributed by atoms with van der Waals surface area (Å²) in [7, 11) is 0. The highest BCUT2D eigenvalue weighted by Crippen LogP contribution is 2.00. The van der Waals surface area contributed by atoms with Crippen molar-refractivity contribution in [1.29, 1.82) is 0 Å². The molecule has 0 unspecified atom stereocenters. The molecule has 8 nitrogen and oxygen atoms in total. The summed E-state index contributed by atoms with van der Waals surface area (Å²) in [4.78, 5) is 40.0. The number of esters is 1. The average molecular weight is 264 g/mol. The van der Waals surface area contributed by atoms with Gasteiger partial charge in [0.2, 0.25) is 0 Å². The van der Waals surface area contributed by atoms with Crippen LogP contribution in [0.1, 0.15) is 26.7 Å². The van der Waals surface area contributed by atoms with Gasteiger partial charge >= 0.3 is 23.9 Å². The maximum absolute atomic E-state index is 10.3. The first-order valence-electron chi connectivity index (χ1n) is 5.09. The van der Waals surface area contributed by atoms with Crippen LogP contribution in [0.25, 0.3) is 0 Å². The molecular formula is C10H16O8. The Morgan fingerprint density at radius 2 is 1.44 bits per heavy atom. The van der Waals surface area contributed by atoms with Gasteiger partial charge in [0, 0.05) is 0 Å². The number of hydrogen-bond acceptors (Lipinski definition) is 5. The minimum atomic E-state index is -1.27. The summed E-state index contributed by atoms with van der Waals surface area (Å²) >= 11 is 0. The van der Waals surface area contributed by atoms with E-state index in [-0.39, 0.29) is 13.0 Å². The van der Waals surface area contributed by atoms with E-state index >= 15 is 0 Å².